The number of hydrogen-bond donors (Lipinski definition) is 2. The fraction of sp³-hybridized carbons (Fsp3) is 0.273. The molecule has 0 saturated heterocycles. The predicted molar refractivity (Wildman–Crippen MR) is 57.6 cm³/mol. The maximum atomic E-state index is 11.7. The molecule has 0 radical (unpaired) electrons. The van der Waals surface area contributed by atoms with Gasteiger partial charge in [0.1, 0.15) is 11.8 Å². The van der Waals surface area contributed by atoms with Crippen molar-refractivity contribution in [1.82, 2.24) is 0 Å². The Morgan fingerprint density at radius 3 is 2.62 bits per heavy atom. The number of carbonyl (C=O) groups excluding carboxylic acids is 1. The Hall–Kier alpha value is -1.88. The van der Waals surface area contributed by atoms with Gasteiger partial charge in [0.25, 0.3) is 0 Å². The molecule has 0 aliphatic carbocycles. The van der Waals surface area contributed by atoms with Crippen LogP contribution in [0.4, 0.5) is 0 Å². The van der Waals surface area contributed by atoms with E-state index in [0.29, 0.717) is 11.3 Å². The zero-order valence-corrected chi connectivity index (χ0v) is 8.84. The van der Waals surface area contributed by atoms with Crippen molar-refractivity contribution >= 4 is 11.8 Å². The van der Waals surface area contributed by atoms with Gasteiger partial charge < -0.3 is 15.6 Å². The molecule has 0 bridgehead atoms. The number of carbonyl (C=O) groups is 2. The molecule has 5 heteroatoms. The number of para-hydroxylation sites is 1. The van der Waals surface area contributed by atoms with Gasteiger partial charge in [-0.05, 0) is 12.1 Å². The highest BCUT2D eigenvalue weighted by atomic mass is 16.5. The van der Waals surface area contributed by atoms with E-state index in [-0.39, 0.29) is 12.2 Å². The van der Waals surface area contributed by atoms with Crippen LogP contribution >= 0.6 is 0 Å². The van der Waals surface area contributed by atoms with Crippen molar-refractivity contribution in [3.05, 3.63) is 29.8 Å². The summed E-state index contributed by atoms with van der Waals surface area (Å²) in [4.78, 5) is 22.2. The quantitative estimate of drug-likeness (QED) is 0.716. The molecule has 1 rings (SSSR count). The first-order chi connectivity index (χ1) is 7.56. The van der Waals surface area contributed by atoms with Gasteiger partial charge in [-0.25, -0.2) is 0 Å². The lowest BCUT2D eigenvalue weighted by molar-refractivity contribution is -0.138. The first kappa shape index (κ1) is 12.2. The summed E-state index contributed by atoms with van der Waals surface area (Å²) in [6.45, 7) is 0. The van der Waals surface area contributed by atoms with Crippen LogP contribution in [0.25, 0.3) is 0 Å². The fourth-order valence-electron chi connectivity index (χ4n) is 1.27. The fourth-order valence-corrected chi connectivity index (χ4v) is 1.27. The van der Waals surface area contributed by atoms with Gasteiger partial charge in [-0.1, -0.05) is 12.1 Å². The topological polar surface area (TPSA) is 89.6 Å². The lowest BCUT2D eigenvalue weighted by Crippen LogP contribution is -2.32. The van der Waals surface area contributed by atoms with Gasteiger partial charge in [0, 0.05) is 6.42 Å². The molecule has 0 spiro atoms. The van der Waals surface area contributed by atoms with Crippen molar-refractivity contribution in [2.24, 2.45) is 5.73 Å². The van der Waals surface area contributed by atoms with Gasteiger partial charge in [0.05, 0.1) is 12.7 Å². The zero-order chi connectivity index (χ0) is 12.1. The number of nitrogens with two attached hydrogens (primary N) is 1. The van der Waals surface area contributed by atoms with E-state index in [2.05, 4.69) is 0 Å². The van der Waals surface area contributed by atoms with Crippen molar-refractivity contribution in [3.8, 4) is 5.75 Å². The van der Waals surface area contributed by atoms with Crippen LogP contribution < -0.4 is 10.5 Å². The van der Waals surface area contributed by atoms with E-state index in [4.69, 9.17) is 15.6 Å². The summed E-state index contributed by atoms with van der Waals surface area (Å²) in [5.41, 5.74) is 5.63. The van der Waals surface area contributed by atoms with E-state index < -0.39 is 12.0 Å². The number of carboxylic acid groups (broad SMARTS) is 1. The number of ether oxygens (including phenoxy) is 1. The third-order valence-electron chi connectivity index (χ3n) is 2.13. The van der Waals surface area contributed by atoms with Gasteiger partial charge >= 0.3 is 5.97 Å². The molecule has 1 atom stereocenters. The first-order valence-electron chi connectivity index (χ1n) is 4.71. The number of Topliss-reactive ketones (excluding diaryl/α,β-unsaturated/α-hetero) is 1. The molecule has 0 amide bonds. The molecule has 0 aromatic heterocycles. The third-order valence-corrected chi connectivity index (χ3v) is 2.13. The SMILES string of the molecule is COc1ccccc1C(=O)CC(N)C(=O)O. The van der Waals surface area contributed by atoms with E-state index in [9.17, 15) is 9.59 Å². The molecule has 1 unspecified atom stereocenters. The van der Waals surface area contributed by atoms with Crippen LogP contribution in [0.1, 0.15) is 16.8 Å². The minimum Gasteiger partial charge on any atom is -0.496 e. The smallest absolute Gasteiger partial charge is 0.320 e. The normalized spacial score (nSPS) is 11.9. The van der Waals surface area contributed by atoms with Gasteiger partial charge in [0.15, 0.2) is 5.78 Å². The summed E-state index contributed by atoms with van der Waals surface area (Å²) in [5, 5.41) is 8.60. The van der Waals surface area contributed by atoms with E-state index >= 15 is 0 Å². The van der Waals surface area contributed by atoms with E-state index in [1.807, 2.05) is 0 Å². The van der Waals surface area contributed by atoms with Crippen molar-refractivity contribution in [2.75, 3.05) is 7.11 Å². The number of carboxylic acids is 1. The second-order valence-corrected chi connectivity index (χ2v) is 3.27. The van der Waals surface area contributed by atoms with Crippen LogP contribution in [-0.4, -0.2) is 30.0 Å². The molecule has 16 heavy (non-hydrogen) atoms. The summed E-state index contributed by atoms with van der Waals surface area (Å²) in [6.07, 6.45) is -0.240. The summed E-state index contributed by atoms with van der Waals surface area (Å²) >= 11 is 0. The number of rotatable bonds is 5. The molecule has 5 nitrogen and oxygen atoms in total. The Bertz CT molecular complexity index is 403. The number of aliphatic carboxylic acids is 1. The highest BCUT2D eigenvalue weighted by molar-refractivity contribution is 6.00. The van der Waals surface area contributed by atoms with Crippen LogP contribution in [-0.2, 0) is 4.79 Å². The zero-order valence-electron chi connectivity index (χ0n) is 8.84. The van der Waals surface area contributed by atoms with Crippen molar-refractivity contribution in [2.45, 2.75) is 12.5 Å². The summed E-state index contributed by atoms with van der Waals surface area (Å²) in [7, 11) is 1.45. The van der Waals surface area contributed by atoms with Crippen molar-refractivity contribution in [1.29, 1.82) is 0 Å². The average Bonchev–Trinajstić information content (AvgIpc) is 2.28. The van der Waals surface area contributed by atoms with Crippen molar-refractivity contribution in [3.63, 3.8) is 0 Å². The highest BCUT2D eigenvalue weighted by Crippen LogP contribution is 2.19. The first-order valence-corrected chi connectivity index (χ1v) is 4.71. The average molecular weight is 223 g/mol. The van der Waals surface area contributed by atoms with Crippen LogP contribution in [0.3, 0.4) is 0 Å². The molecule has 1 aromatic carbocycles. The van der Waals surface area contributed by atoms with Crippen LogP contribution in [0.5, 0.6) is 5.75 Å². The molecule has 0 fully saturated rings. The van der Waals surface area contributed by atoms with E-state index in [1.54, 1.807) is 24.3 Å². The minimum atomic E-state index is -1.19. The summed E-state index contributed by atoms with van der Waals surface area (Å²) in [5.74, 6) is -1.11. The van der Waals surface area contributed by atoms with Crippen LogP contribution in [0.2, 0.25) is 0 Å². The van der Waals surface area contributed by atoms with Gasteiger partial charge in [-0.2, -0.15) is 0 Å². The Kier molecular flexibility index (Phi) is 4.02. The Morgan fingerprint density at radius 2 is 2.06 bits per heavy atom. The van der Waals surface area contributed by atoms with Gasteiger partial charge in [-0.3, -0.25) is 9.59 Å². The lowest BCUT2D eigenvalue weighted by atomic mass is 10.0. The van der Waals surface area contributed by atoms with Crippen LogP contribution in [0, 0.1) is 0 Å². The van der Waals surface area contributed by atoms with Crippen molar-refractivity contribution < 1.29 is 19.4 Å². The standard InChI is InChI=1S/C11H13NO4/c1-16-10-5-3-2-4-7(10)9(13)6-8(12)11(14)15/h2-5,8H,6,12H2,1H3,(H,14,15). The molecular weight excluding hydrogens is 210 g/mol. The molecule has 0 heterocycles. The van der Waals surface area contributed by atoms with Gasteiger partial charge in [0.2, 0.25) is 0 Å². The largest absolute Gasteiger partial charge is 0.496 e. The second-order valence-electron chi connectivity index (χ2n) is 3.27. The molecule has 0 saturated carbocycles. The molecular formula is C11H13NO4. The number of hydrogen-bond acceptors (Lipinski definition) is 4. The molecule has 3 N–H and O–H groups in total. The number of methoxy groups -OCH3 is 1. The molecule has 1 aromatic rings. The van der Waals surface area contributed by atoms with Gasteiger partial charge in [-0.15, -0.1) is 0 Å². The Labute approximate surface area is 92.8 Å². The third kappa shape index (κ3) is 2.80. The number of ketones is 1. The van der Waals surface area contributed by atoms with E-state index in [1.165, 1.54) is 7.11 Å². The Balaban J connectivity index is 2.84. The maximum Gasteiger partial charge on any atom is 0.320 e. The molecule has 0 aliphatic heterocycles. The monoisotopic (exact) mass is 223 g/mol. The van der Waals surface area contributed by atoms with E-state index in [0.717, 1.165) is 0 Å². The summed E-state index contributed by atoms with van der Waals surface area (Å²) in [6, 6.07) is 5.45. The molecule has 86 valence electrons. The molecule has 0 aliphatic rings. The predicted octanol–water partition coefficient (Wildman–Crippen LogP) is 0.680. The summed E-state index contributed by atoms with van der Waals surface area (Å²) < 4.78 is 5.00. The Morgan fingerprint density at radius 1 is 1.44 bits per heavy atom. The number of benzene rings is 1. The lowest BCUT2D eigenvalue weighted by Gasteiger charge is -2.08. The van der Waals surface area contributed by atoms with Crippen LogP contribution in [0.15, 0.2) is 24.3 Å². The maximum absolute atomic E-state index is 11.7. The minimum absolute atomic E-state index is 0.240. The highest BCUT2D eigenvalue weighted by Gasteiger charge is 2.19. The second kappa shape index (κ2) is 5.27.